The van der Waals surface area contributed by atoms with Gasteiger partial charge in [-0.1, -0.05) is 31.2 Å². The van der Waals surface area contributed by atoms with Crippen LogP contribution in [0.2, 0.25) is 0 Å². The molecule has 0 aliphatic carbocycles. The van der Waals surface area contributed by atoms with Gasteiger partial charge in [0, 0.05) is 10.8 Å². The van der Waals surface area contributed by atoms with Crippen molar-refractivity contribution in [2.24, 2.45) is 4.99 Å². The van der Waals surface area contributed by atoms with E-state index in [-0.39, 0.29) is 0 Å². The summed E-state index contributed by atoms with van der Waals surface area (Å²) in [6, 6.07) is 8.10. The number of nitrogens with one attached hydrogen (secondary N) is 1. The lowest BCUT2D eigenvalue weighted by Gasteiger charge is -2.01. The topological polar surface area (TPSA) is 66.8 Å². The highest BCUT2D eigenvalue weighted by Crippen LogP contribution is 2.21. The number of aryl methyl sites for hydroxylation is 2. The maximum absolute atomic E-state index is 4.64. The number of hydrogen-bond acceptors (Lipinski definition) is 4. The van der Waals surface area contributed by atoms with E-state index in [0.29, 0.717) is 5.82 Å². The van der Waals surface area contributed by atoms with Gasteiger partial charge in [-0.05, 0) is 31.9 Å². The summed E-state index contributed by atoms with van der Waals surface area (Å²) in [5.41, 5.74) is 3.94. The van der Waals surface area contributed by atoms with Crippen LogP contribution < -0.4 is 0 Å². The molecule has 112 valence electrons. The van der Waals surface area contributed by atoms with Crippen molar-refractivity contribution in [2.45, 2.75) is 27.2 Å². The fraction of sp³-hybridized carbons (Fsp3) is 0.294. The molecule has 1 N–H and O–H groups in total. The summed E-state index contributed by atoms with van der Waals surface area (Å²) >= 11 is 0. The molecule has 0 atom stereocenters. The van der Waals surface area contributed by atoms with Crippen LogP contribution in [0.4, 0.5) is 0 Å². The summed E-state index contributed by atoms with van der Waals surface area (Å²) in [6.45, 7) is 6.71. The van der Waals surface area contributed by atoms with Crippen molar-refractivity contribution in [3.63, 3.8) is 0 Å². The van der Waals surface area contributed by atoms with Crippen molar-refractivity contribution >= 4 is 16.5 Å². The largest absolute Gasteiger partial charge is 0.279 e. The summed E-state index contributed by atoms with van der Waals surface area (Å²) in [5.74, 6) is 0.656. The molecule has 1 aromatic heterocycles. The van der Waals surface area contributed by atoms with Crippen LogP contribution in [0.25, 0.3) is 10.8 Å². The first kappa shape index (κ1) is 14.4. The van der Waals surface area contributed by atoms with Crippen LogP contribution in [0.5, 0.6) is 0 Å². The number of aromatic nitrogens is 4. The van der Waals surface area contributed by atoms with Gasteiger partial charge in [0.05, 0.1) is 18.0 Å². The van der Waals surface area contributed by atoms with Gasteiger partial charge in [-0.3, -0.25) is 10.1 Å². The molecule has 0 amide bonds. The standard InChI is InChI=1S/C17H19N5/c1-4-13-9-16(18-10-13)17-15-8-6-5-7-14(15)11(2)19-20-12(3)21-22-17/h5-9H,4,10H2,1-3H3,(H,20,21). The minimum absolute atomic E-state index is 0.656. The van der Waals surface area contributed by atoms with E-state index < -0.39 is 0 Å². The molecule has 0 saturated carbocycles. The molecule has 5 heteroatoms. The van der Waals surface area contributed by atoms with Gasteiger partial charge in [0.1, 0.15) is 11.5 Å². The van der Waals surface area contributed by atoms with Crippen molar-refractivity contribution in [2.75, 3.05) is 6.54 Å². The number of fused-ring (bicyclic) bond motifs is 1. The molecule has 0 unspecified atom stereocenters. The lowest BCUT2D eigenvalue weighted by atomic mass is 10.1. The Labute approximate surface area is 129 Å². The fourth-order valence-corrected chi connectivity index (χ4v) is 2.45. The van der Waals surface area contributed by atoms with E-state index in [1.54, 1.807) is 0 Å². The Morgan fingerprint density at radius 1 is 1.09 bits per heavy atom. The van der Waals surface area contributed by atoms with E-state index in [2.05, 4.69) is 44.5 Å². The van der Waals surface area contributed by atoms with Gasteiger partial charge < -0.3 is 0 Å². The Hall–Kier alpha value is -2.56. The molecule has 5 nitrogen and oxygen atoms in total. The molecular formula is C17H19N5. The first-order valence-electron chi connectivity index (χ1n) is 7.45. The van der Waals surface area contributed by atoms with Crippen molar-refractivity contribution in [3.8, 4) is 0 Å². The molecule has 1 aliphatic rings. The minimum atomic E-state index is 0.656. The SMILES string of the molecule is CCC1=CC(c2n[nH]c(C)nnc(C)c3ccccc23)=NC1. The number of nitrogens with zero attached hydrogens (tertiary/aromatic N) is 4. The smallest absolute Gasteiger partial charge is 0.142 e. The molecule has 0 radical (unpaired) electrons. The zero-order valence-electron chi connectivity index (χ0n) is 13.1. The van der Waals surface area contributed by atoms with Gasteiger partial charge in [-0.25, -0.2) is 0 Å². The first-order chi connectivity index (χ1) is 10.7. The average Bonchev–Trinajstić information content (AvgIpc) is 3.02. The lowest BCUT2D eigenvalue weighted by molar-refractivity contribution is 0.871. The summed E-state index contributed by atoms with van der Waals surface area (Å²) in [4.78, 5) is 4.64. The van der Waals surface area contributed by atoms with Gasteiger partial charge >= 0.3 is 0 Å². The zero-order valence-corrected chi connectivity index (χ0v) is 13.1. The molecule has 0 saturated heterocycles. The summed E-state index contributed by atoms with van der Waals surface area (Å²) in [6.07, 6.45) is 3.14. The van der Waals surface area contributed by atoms with Gasteiger partial charge in [0.2, 0.25) is 0 Å². The molecule has 0 bridgehead atoms. The molecular weight excluding hydrogens is 274 g/mol. The number of aliphatic imine (C=N–C) groups is 1. The van der Waals surface area contributed by atoms with E-state index in [9.17, 15) is 0 Å². The Morgan fingerprint density at radius 2 is 1.86 bits per heavy atom. The summed E-state index contributed by atoms with van der Waals surface area (Å²) in [5, 5.41) is 18.0. The average molecular weight is 293 g/mol. The zero-order chi connectivity index (χ0) is 15.5. The maximum atomic E-state index is 4.64. The van der Waals surface area contributed by atoms with Crippen LogP contribution >= 0.6 is 0 Å². The van der Waals surface area contributed by atoms with Crippen molar-refractivity contribution < 1.29 is 0 Å². The number of hydrogen-bond donors (Lipinski definition) is 1. The first-order valence-corrected chi connectivity index (χ1v) is 7.45. The van der Waals surface area contributed by atoms with Crippen LogP contribution in [0.15, 0.2) is 40.9 Å². The second-order valence-corrected chi connectivity index (χ2v) is 5.35. The van der Waals surface area contributed by atoms with Crippen molar-refractivity contribution in [3.05, 3.63) is 53.1 Å². The summed E-state index contributed by atoms with van der Waals surface area (Å²) in [7, 11) is 0. The predicted octanol–water partition coefficient (Wildman–Crippen LogP) is 3.23. The third kappa shape index (κ3) is 2.74. The van der Waals surface area contributed by atoms with Crippen molar-refractivity contribution in [1.82, 2.24) is 20.4 Å². The molecule has 22 heavy (non-hydrogen) atoms. The fourth-order valence-electron chi connectivity index (χ4n) is 2.45. The van der Waals surface area contributed by atoms with Crippen LogP contribution in [0.1, 0.15) is 30.6 Å². The Balaban J connectivity index is 2.37. The van der Waals surface area contributed by atoms with Gasteiger partial charge in [0.25, 0.3) is 0 Å². The molecule has 3 rings (SSSR count). The highest BCUT2D eigenvalue weighted by molar-refractivity contribution is 6.16. The van der Waals surface area contributed by atoms with E-state index in [0.717, 1.165) is 40.8 Å². The lowest BCUT2D eigenvalue weighted by Crippen LogP contribution is -2.00. The maximum Gasteiger partial charge on any atom is 0.142 e. The van der Waals surface area contributed by atoms with Gasteiger partial charge in [-0.2, -0.15) is 10.2 Å². The highest BCUT2D eigenvalue weighted by Gasteiger charge is 2.13. The molecule has 0 spiro atoms. The minimum Gasteiger partial charge on any atom is -0.279 e. The second kappa shape index (κ2) is 6.05. The second-order valence-electron chi connectivity index (χ2n) is 5.35. The molecule has 0 fully saturated rings. The quantitative estimate of drug-likeness (QED) is 0.924. The highest BCUT2D eigenvalue weighted by atomic mass is 15.2. The van der Waals surface area contributed by atoms with E-state index in [4.69, 9.17) is 0 Å². The number of H-pyrrole nitrogens is 1. The third-order valence-electron chi connectivity index (χ3n) is 3.74. The van der Waals surface area contributed by atoms with Crippen LogP contribution in [0.3, 0.4) is 0 Å². The third-order valence-corrected chi connectivity index (χ3v) is 3.74. The number of allylic oxidation sites excluding steroid dienone is 1. The molecule has 2 heterocycles. The van der Waals surface area contributed by atoms with E-state index >= 15 is 0 Å². The Bertz CT molecular complexity index is 828. The normalized spacial score (nSPS) is 13.8. The number of benzene rings is 1. The monoisotopic (exact) mass is 293 g/mol. The van der Waals surface area contributed by atoms with Crippen LogP contribution in [0, 0.1) is 13.8 Å². The Kier molecular flexibility index (Phi) is 3.96. The van der Waals surface area contributed by atoms with E-state index in [1.807, 2.05) is 32.0 Å². The molecule has 2 aromatic rings. The van der Waals surface area contributed by atoms with Gasteiger partial charge in [-0.15, -0.1) is 5.10 Å². The number of rotatable bonds is 2. The number of aromatic amines is 1. The van der Waals surface area contributed by atoms with E-state index in [1.165, 1.54) is 5.57 Å². The molecule has 1 aromatic carbocycles. The Morgan fingerprint density at radius 3 is 2.59 bits per heavy atom. The van der Waals surface area contributed by atoms with Gasteiger partial charge in [0.15, 0.2) is 0 Å². The van der Waals surface area contributed by atoms with Crippen LogP contribution in [-0.4, -0.2) is 32.7 Å². The predicted molar refractivity (Wildman–Crippen MR) is 88.6 cm³/mol. The van der Waals surface area contributed by atoms with Crippen LogP contribution in [-0.2, 0) is 0 Å². The summed E-state index contributed by atoms with van der Waals surface area (Å²) < 4.78 is 0. The molecule has 1 aliphatic heterocycles. The van der Waals surface area contributed by atoms with Crippen molar-refractivity contribution in [1.29, 1.82) is 0 Å².